The fourth-order valence-corrected chi connectivity index (χ4v) is 5.15. The molecule has 0 bridgehead atoms. The molecule has 0 aliphatic carbocycles. The molecule has 5 rings (SSSR count). The monoisotopic (exact) mass is 438 g/mol. The van der Waals surface area contributed by atoms with Crippen LogP contribution in [0.2, 0.25) is 0 Å². The minimum absolute atomic E-state index is 0.209. The lowest BCUT2D eigenvalue weighted by Gasteiger charge is -2.21. The number of nitrogens with zero attached hydrogens (tertiary/aromatic N) is 3. The maximum absolute atomic E-state index is 13.2. The van der Waals surface area contributed by atoms with Crippen molar-refractivity contribution in [2.45, 2.75) is 30.6 Å². The summed E-state index contributed by atoms with van der Waals surface area (Å²) in [5, 5.41) is 7.88. The molecule has 3 aromatic heterocycles. The number of aryl methyl sites for hydroxylation is 1. The van der Waals surface area contributed by atoms with Crippen molar-refractivity contribution < 1.29 is 17.9 Å². The molecule has 0 spiro atoms. The van der Waals surface area contributed by atoms with E-state index in [-0.39, 0.29) is 10.8 Å². The van der Waals surface area contributed by atoms with E-state index in [9.17, 15) is 8.42 Å². The minimum Gasteiger partial charge on any atom is -0.453 e. The summed E-state index contributed by atoms with van der Waals surface area (Å²) in [6, 6.07) is 10.2. The van der Waals surface area contributed by atoms with Crippen LogP contribution in [0.15, 0.2) is 59.9 Å². The molecule has 160 valence electrons. The van der Waals surface area contributed by atoms with Crippen LogP contribution in [0, 0.1) is 6.92 Å². The van der Waals surface area contributed by atoms with E-state index in [1.807, 2.05) is 6.92 Å². The van der Waals surface area contributed by atoms with Crippen LogP contribution in [-0.2, 0) is 14.8 Å². The van der Waals surface area contributed by atoms with E-state index in [0.717, 1.165) is 24.1 Å². The lowest BCUT2D eigenvalue weighted by atomic mass is 9.96. The Kier molecular flexibility index (Phi) is 4.99. The van der Waals surface area contributed by atoms with E-state index < -0.39 is 10.0 Å². The molecular formula is C22H22N4O4S. The van der Waals surface area contributed by atoms with Crippen LogP contribution in [0.25, 0.3) is 11.0 Å². The number of H-pyrrole nitrogens is 1. The first-order valence-corrected chi connectivity index (χ1v) is 11.6. The molecule has 9 heteroatoms. The molecule has 1 aromatic carbocycles. The van der Waals surface area contributed by atoms with E-state index in [1.165, 1.54) is 10.2 Å². The van der Waals surface area contributed by atoms with Crippen molar-refractivity contribution in [1.82, 2.24) is 19.2 Å². The zero-order chi connectivity index (χ0) is 21.4. The molecular weight excluding hydrogens is 416 g/mol. The maximum atomic E-state index is 13.2. The minimum atomic E-state index is -3.78. The van der Waals surface area contributed by atoms with Gasteiger partial charge in [0, 0.05) is 31.5 Å². The normalized spacial score (nSPS) is 15.4. The predicted octanol–water partition coefficient (Wildman–Crippen LogP) is 3.99. The van der Waals surface area contributed by atoms with Gasteiger partial charge in [0.05, 0.1) is 16.5 Å². The first kappa shape index (κ1) is 19.8. The van der Waals surface area contributed by atoms with Gasteiger partial charge >= 0.3 is 0 Å². The lowest BCUT2D eigenvalue weighted by molar-refractivity contribution is 0.0841. The average molecular weight is 439 g/mol. The van der Waals surface area contributed by atoms with Gasteiger partial charge in [0.2, 0.25) is 0 Å². The molecule has 4 heterocycles. The number of pyridine rings is 1. The van der Waals surface area contributed by atoms with Crippen molar-refractivity contribution in [3.8, 4) is 11.5 Å². The topological polar surface area (TPSA) is 99.1 Å². The SMILES string of the molecule is Cc1ccc(S(=O)(=O)n2ccc3c(Oc4c[nH]nc4C4CCOCC4)ccnc32)cc1. The van der Waals surface area contributed by atoms with Crippen molar-refractivity contribution in [2.75, 3.05) is 13.2 Å². The molecule has 0 radical (unpaired) electrons. The van der Waals surface area contributed by atoms with Crippen molar-refractivity contribution in [3.05, 3.63) is 66.2 Å². The van der Waals surface area contributed by atoms with Crippen LogP contribution in [0.4, 0.5) is 0 Å². The van der Waals surface area contributed by atoms with Gasteiger partial charge in [-0.2, -0.15) is 5.10 Å². The van der Waals surface area contributed by atoms with Crippen molar-refractivity contribution >= 4 is 21.1 Å². The molecule has 0 unspecified atom stereocenters. The Bertz CT molecular complexity index is 1320. The molecule has 1 N–H and O–H groups in total. The number of fused-ring (bicyclic) bond motifs is 1. The van der Waals surface area contributed by atoms with Crippen molar-refractivity contribution in [2.24, 2.45) is 0 Å². The molecule has 0 amide bonds. The van der Waals surface area contributed by atoms with E-state index in [2.05, 4.69) is 15.2 Å². The first-order chi connectivity index (χ1) is 15.0. The number of hydrogen-bond acceptors (Lipinski definition) is 6. The second kappa shape index (κ2) is 7.82. The Balaban J connectivity index is 1.51. The number of hydrogen-bond donors (Lipinski definition) is 1. The van der Waals surface area contributed by atoms with Crippen LogP contribution in [0.5, 0.6) is 11.5 Å². The second-order valence-corrected chi connectivity index (χ2v) is 9.41. The third-order valence-electron chi connectivity index (χ3n) is 5.55. The summed E-state index contributed by atoms with van der Waals surface area (Å²) in [5.74, 6) is 1.42. The molecule has 1 saturated heterocycles. The fourth-order valence-electron chi connectivity index (χ4n) is 3.85. The van der Waals surface area contributed by atoms with Crippen LogP contribution < -0.4 is 4.74 Å². The van der Waals surface area contributed by atoms with Gasteiger partial charge in [0.1, 0.15) is 11.4 Å². The molecule has 1 aliphatic heterocycles. The molecule has 0 saturated carbocycles. The van der Waals surface area contributed by atoms with Crippen LogP contribution in [-0.4, -0.2) is 40.8 Å². The number of benzene rings is 1. The molecule has 31 heavy (non-hydrogen) atoms. The van der Waals surface area contributed by atoms with Gasteiger partial charge in [0.15, 0.2) is 11.4 Å². The number of aromatic nitrogens is 4. The highest BCUT2D eigenvalue weighted by atomic mass is 32.2. The van der Waals surface area contributed by atoms with E-state index in [0.29, 0.717) is 35.7 Å². The average Bonchev–Trinajstić information content (AvgIpc) is 3.43. The molecule has 1 fully saturated rings. The summed E-state index contributed by atoms with van der Waals surface area (Å²) in [6.45, 7) is 3.32. The number of aromatic amines is 1. The van der Waals surface area contributed by atoms with Gasteiger partial charge in [-0.25, -0.2) is 17.4 Å². The molecule has 8 nitrogen and oxygen atoms in total. The molecule has 4 aromatic rings. The van der Waals surface area contributed by atoms with Crippen LogP contribution in [0.3, 0.4) is 0 Å². The van der Waals surface area contributed by atoms with Gasteiger partial charge in [0.25, 0.3) is 10.0 Å². The van der Waals surface area contributed by atoms with Gasteiger partial charge in [-0.15, -0.1) is 0 Å². The van der Waals surface area contributed by atoms with Crippen LogP contribution in [0.1, 0.15) is 30.0 Å². The Morgan fingerprint density at radius 2 is 1.87 bits per heavy atom. The first-order valence-electron chi connectivity index (χ1n) is 10.1. The standard InChI is InChI=1S/C22H22N4O4S/c1-15-2-4-17(5-3-15)31(27,28)26-11-7-18-19(6-10-23-22(18)26)30-20-14-24-25-21(20)16-8-12-29-13-9-16/h2-7,10-11,14,16H,8-9,12-13H2,1H3,(H,24,25). The van der Waals surface area contributed by atoms with E-state index in [4.69, 9.17) is 9.47 Å². The Labute approximate surface area is 179 Å². The van der Waals surface area contributed by atoms with E-state index >= 15 is 0 Å². The van der Waals surface area contributed by atoms with Gasteiger partial charge < -0.3 is 9.47 Å². The van der Waals surface area contributed by atoms with Crippen LogP contribution >= 0.6 is 0 Å². The number of nitrogens with one attached hydrogen (secondary N) is 1. The molecule has 0 atom stereocenters. The van der Waals surface area contributed by atoms with Gasteiger partial charge in [-0.1, -0.05) is 17.7 Å². The van der Waals surface area contributed by atoms with Crippen molar-refractivity contribution in [1.29, 1.82) is 0 Å². The van der Waals surface area contributed by atoms with Gasteiger partial charge in [-0.05, 0) is 44.0 Å². The summed E-state index contributed by atoms with van der Waals surface area (Å²) >= 11 is 0. The smallest absolute Gasteiger partial charge is 0.269 e. The number of rotatable bonds is 5. The zero-order valence-corrected chi connectivity index (χ0v) is 17.8. The largest absolute Gasteiger partial charge is 0.453 e. The zero-order valence-electron chi connectivity index (χ0n) is 17.0. The highest BCUT2D eigenvalue weighted by Gasteiger charge is 2.24. The summed E-state index contributed by atoms with van der Waals surface area (Å²) in [7, 11) is -3.78. The fraction of sp³-hybridized carbons (Fsp3) is 0.273. The third-order valence-corrected chi connectivity index (χ3v) is 7.23. The summed E-state index contributed by atoms with van der Waals surface area (Å²) in [6.07, 6.45) is 6.55. The Morgan fingerprint density at radius 1 is 1.10 bits per heavy atom. The Morgan fingerprint density at radius 3 is 2.65 bits per heavy atom. The Hall–Kier alpha value is -3.17. The maximum Gasteiger partial charge on any atom is 0.269 e. The lowest BCUT2D eigenvalue weighted by Crippen LogP contribution is -2.15. The van der Waals surface area contributed by atoms with Gasteiger partial charge in [-0.3, -0.25) is 5.10 Å². The third kappa shape index (κ3) is 3.60. The molecule has 1 aliphatic rings. The highest BCUT2D eigenvalue weighted by molar-refractivity contribution is 7.90. The summed E-state index contributed by atoms with van der Waals surface area (Å²) in [4.78, 5) is 4.53. The predicted molar refractivity (Wildman–Crippen MR) is 115 cm³/mol. The second-order valence-electron chi connectivity index (χ2n) is 7.60. The number of ether oxygens (including phenoxy) is 2. The highest BCUT2D eigenvalue weighted by Crippen LogP contribution is 2.36. The van der Waals surface area contributed by atoms with Crippen molar-refractivity contribution in [3.63, 3.8) is 0 Å². The quantitative estimate of drug-likeness (QED) is 0.506. The summed E-state index contributed by atoms with van der Waals surface area (Å²) in [5.41, 5.74) is 2.17. The summed E-state index contributed by atoms with van der Waals surface area (Å²) < 4.78 is 39.1. The van der Waals surface area contributed by atoms with E-state index in [1.54, 1.807) is 48.8 Å².